The van der Waals surface area contributed by atoms with Gasteiger partial charge in [0.05, 0.1) is 0 Å². The molecule has 0 saturated heterocycles. The van der Waals surface area contributed by atoms with Crippen LogP contribution in [0.4, 0.5) is 0 Å². The minimum Gasteiger partial charge on any atom is -0.212 e. The standard InChI is InChI=1S/C13H16ClN3/c1-8(2)10-6-11(14)17-12(7-10)15-13(16-17)9-4-3-5-9/h6-9H,3-5H2,1-2H3. The fourth-order valence-corrected chi connectivity index (χ4v) is 2.40. The van der Waals surface area contributed by atoms with E-state index in [0.29, 0.717) is 17.0 Å². The molecule has 2 aromatic rings. The summed E-state index contributed by atoms with van der Waals surface area (Å²) >= 11 is 6.25. The van der Waals surface area contributed by atoms with E-state index in [1.165, 1.54) is 24.8 Å². The van der Waals surface area contributed by atoms with E-state index in [2.05, 4.69) is 30.0 Å². The number of fused-ring (bicyclic) bond motifs is 1. The van der Waals surface area contributed by atoms with Gasteiger partial charge in [-0.05, 0) is 36.5 Å². The van der Waals surface area contributed by atoms with Gasteiger partial charge in [0.1, 0.15) is 5.15 Å². The second kappa shape index (κ2) is 3.98. The third-order valence-corrected chi connectivity index (χ3v) is 3.84. The molecule has 1 aliphatic carbocycles. The SMILES string of the molecule is CC(C)c1cc(Cl)n2nc(C3CCC3)nc2c1. The molecule has 0 aliphatic heterocycles. The van der Waals surface area contributed by atoms with Crippen molar-refractivity contribution in [2.75, 3.05) is 0 Å². The lowest BCUT2D eigenvalue weighted by atomic mass is 9.85. The summed E-state index contributed by atoms with van der Waals surface area (Å²) in [5, 5.41) is 5.17. The Morgan fingerprint density at radius 2 is 2.12 bits per heavy atom. The lowest BCUT2D eigenvalue weighted by Crippen LogP contribution is -2.10. The van der Waals surface area contributed by atoms with Crippen molar-refractivity contribution in [3.8, 4) is 0 Å². The number of nitrogens with zero attached hydrogens (tertiary/aromatic N) is 3. The Bertz CT molecular complexity index is 555. The maximum Gasteiger partial charge on any atom is 0.157 e. The van der Waals surface area contributed by atoms with Crippen LogP contribution in [0.1, 0.15) is 56.3 Å². The molecule has 2 heterocycles. The molecule has 90 valence electrons. The van der Waals surface area contributed by atoms with E-state index in [-0.39, 0.29) is 0 Å². The number of pyridine rings is 1. The van der Waals surface area contributed by atoms with Crippen molar-refractivity contribution in [3.05, 3.63) is 28.7 Å². The van der Waals surface area contributed by atoms with Crippen LogP contribution in [0.15, 0.2) is 12.1 Å². The fourth-order valence-electron chi connectivity index (χ4n) is 2.15. The van der Waals surface area contributed by atoms with Crippen molar-refractivity contribution in [3.63, 3.8) is 0 Å². The van der Waals surface area contributed by atoms with E-state index >= 15 is 0 Å². The second-order valence-corrected chi connectivity index (χ2v) is 5.52. The molecule has 0 aromatic carbocycles. The largest absolute Gasteiger partial charge is 0.212 e. The summed E-state index contributed by atoms with van der Waals surface area (Å²) in [5.74, 6) is 1.97. The van der Waals surface area contributed by atoms with E-state index in [1.807, 2.05) is 6.07 Å². The van der Waals surface area contributed by atoms with Crippen LogP contribution in [0.2, 0.25) is 5.15 Å². The summed E-state index contributed by atoms with van der Waals surface area (Å²) in [6.07, 6.45) is 3.72. The molecule has 0 atom stereocenters. The van der Waals surface area contributed by atoms with Crippen LogP contribution in [0.3, 0.4) is 0 Å². The summed E-state index contributed by atoms with van der Waals surface area (Å²) in [7, 11) is 0. The Hall–Kier alpha value is -1.09. The molecule has 0 spiro atoms. The van der Waals surface area contributed by atoms with Crippen molar-refractivity contribution in [1.29, 1.82) is 0 Å². The molecule has 0 N–H and O–H groups in total. The molecule has 1 fully saturated rings. The van der Waals surface area contributed by atoms with E-state index in [1.54, 1.807) is 4.52 Å². The van der Waals surface area contributed by atoms with Gasteiger partial charge in [0, 0.05) is 5.92 Å². The highest BCUT2D eigenvalue weighted by molar-refractivity contribution is 6.29. The molecule has 4 heteroatoms. The Morgan fingerprint density at radius 1 is 1.35 bits per heavy atom. The highest BCUT2D eigenvalue weighted by atomic mass is 35.5. The normalized spacial score (nSPS) is 16.7. The van der Waals surface area contributed by atoms with Crippen LogP contribution in [-0.2, 0) is 0 Å². The quantitative estimate of drug-likeness (QED) is 0.759. The van der Waals surface area contributed by atoms with Gasteiger partial charge >= 0.3 is 0 Å². The van der Waals surface area contributed by atoms with Crippen LogP contribution >= 0.6 is 11.6 Å². The number of hydrogen-bond donors (Lipinski definition) is 0. The van der Waals surface area contributed by atoms with Gasteiger partial charge in [-0.1, -0.05) is 31.9 Å². The van der Waals surface area contributed by atoms with Gasteiger partial charge in [-0.2, -0.15) is 0 Å². The molecular formula is C13H16ClN3. The third kappa shape index (κ3) is 1.82. The summed E-state index contributed by atoms with van der Waals surface area (Å²) in [6.45, 7) is 4.32. The zero-order chi connectivity index (χ0) is 12.0. The maximum atomic E-state index is 6.25. The van der Waals surface area contributed by atoms with Crippen molar-refractivity contribution in [2.24, 2.45) is 0 Å². The lowest BCUT2D eigenvalue weighted by molar-refractivity contribution is 0.402. The van der Waals surface area contributed by atoms with Crippen LogP contribution < -0.4 is 0 Å². The fraction of sp³-hybridized carbons (Fsp3) is 0.538. The van der Waals surface area contributed by atoms with Gasteiger partial charge in [0.15, 0.2) is 11.5 Å². The minimum absolute atomic E-state index is 0.460. The van der Waals surface area contributed by atoms with Gasteiger partial charge < -0.3 is 0 Å². The zero-order valence-corrected chi connectivity index (χ0v) is 10.9. The zero-order valence-electron chi connectivity index (χ0n) is 10.2. The molecule has 1 aliphatic rings. The first-order valence-corrected chi connectivity index (χ1v) is 6.59. The first kappa shape index (κ1) is 11.0. The number of rotatable bonds is 2. The topological polar surface area (TPSA) is 30.2 Å². The summed E-state index contributed by atoms with van der Waals surface area (Å²) < 4.78 is 1.75. The molecule has 2 aromatic heterocycles. The van der Waals surface area contributed by atoms with Crippen molar-refractivity contribution < 1.29 is 0 Å². The molecule has 3 nitrogen and oxygen atoms in total. The average molecular weight is 250 g/mol. The van der Waals surface area contributed by atoms with Gasteiger partial charge in [0.2, 0.25) is 0 Å². The minimum atomic E-state index is 0.460. The van der Waals surface area contributed by atoms with Crippen LogP contribution in [0, 0.1) is 0 Å². The summed E-state index contributed by atoms with van der Waals surface area (Å²) in [4.78, 5) is 4.61. The van der Waals surface area contributed by atoms with E-state index in [9.17, 15) is 0 Å². The molecule has 0 bridgehead atoms. The second-order valence-electron chi connectivity index (χ2n) is 5.13. The van der Waals surface area contributed by atoms with Gasteiger partial charge in [-0.3, -0.25) is 0 Å². The summed E-state index contributed by atoms with van der Waals surface area (Å²) in [5.41, 5.74) is 2.10. The Labute approximate surface area is 106 Å². The van der Waals surface area contributed by atoms with Crippen LogP contribution in [-0.4, -0.2) is 14.6 Å². The van der Waals surface area contributed by atoms with Crippen molar-refractivity contribution in [1.82, 2.24) is 14.6 Å². The first-order chi connectivity index (χ1) is 8.15. The highest BCUT2D eigenvalue weighted by Crippen LogP contribution is 2.35. The average Bonchev–Trinajstić information content (AvgIpc) is 2.58. The number of aromatic nitrogens is 3. The van der Waals surface area contributed by atoms with Gasteiger partial charge in [-0.15, -0.1) is 5.10 Å². The van der Waals surface area contributed by atoms with E-state index in [0.717, 1.165) is 11.5 Å². The lowest BCUT2D eigenvalue weighted by Gasteiger charge is -2.21. The molecule has 0 unspecified atom stereocenters. The Morgan fingerprint density at radius 3 is 2.71 bits per heavy atom. The molecule has 0 radical (unpaired) electrons. The third-order valence-electron chi connectivity index (χ3n) is 3.57. The van der Waals surface area contributed by atoms with Gasteiger partial charge in [-0.25, -0.2) is 9.50 Å². The highest BCUT2D eigenvalue weighted by Gasteiger charge is 2.24. The molecule has 1 saturated carbocycles. The van der Waals surface area contributed by atoms with Gasteiger partial charge in [0.25, 0.3) is 0 Å². The Kier molecular flexibility index (Phi) is 2.58. The Balaban J connectivity index is 2.10. The predicted octanol–water partition coefficient (Wildman–Crippen LogP) is 3.77. The molecule has 0 amide bonds. The first-order valence-electron chi connectivity index (χ1n) is 6.21. The number of halogens is 1. The smallest absolute Gasteiger partial charge is 0.157 e. The maximum absolute atomic E-state index is 6.25. The van der Waals surface area contributed by atoms with Crippen LogP contribution in [0.5, 0.6) is 0 Å². The van der Waals surface area contributed by atoms with Crippen molar-refractivity contribution >= 4 is 17.2 Å². The summed E-state index contributed by atoms with van der Waals surface area (Å²) in [6, 6.07) is 4.07. The molecular weight excluding hydrogens is 234 g/mol. The number of hydrogen-bond acceptors (Lipinski definition) is 2. The molecule has 3 rings (SSSR count). The van der Waals surface area contributed by atoms with Crippen molar-refractivity contribution in [2.45, 2.75) is 44.9 Å². The monoisotopic (exact) mass is 249 g/mol. The van der Waals surface area contributed by atoms with E-state index in [4.69, 9.17) is 11.6 Å². The predicted molar refractivity (Wildman–Crippen MR) is 68.7 cm³/mol. The van der Waals surface area contributed by atoms with E-state index < -0.39 is 0 Å². The molecule has 17 heavy (non-hydrogen) atoms. The van der Waals surface area contributed by atoms with Crippen LogP contribution in [0.25, 0.3) is 5.65 Å².